The van der Waals surface area contributed by atoms with Gasteiger partial charge in [-0.25, -0.2) is 9.78 Å². The van der Waals surface area contributed by atoms with E-state index < -0.39 is 12.0 Å². The van der Waals surface area contributed by atoms with Crippen LogP contribution in [0.4, 0.5) is 0 Å². The second-order valence-corrected chi connectivity index (χ2v) is 5.61. The van der Waals surface area contributed by atoms with Crippen LogP contribution >= 0.6 is 23.1 Å². The number of thiazole rings is 1. The fourth-order valence-corrected chi connectivity index (χ4v) is 3.33. The van der Waals surface area contributed by atoms with Crippen LogP contribution in [0.15, 0.2) is 6.20 Å². The van der Waals surface area contributed by atoms with E-state index in [0.717, 1.165) is 5.01 Å². The Kier molecular flexibility index (Phi) is 3.15. The summed E-state index contributed by atoms with van der Waals surface area (Å²) in [5.74, 6) is -0.284. The summed E-state index contributed by atoms with van der Waals surface area (Å²) in [7, 11) is 0. The molecule has 0 aliphatic carbocycles. The van der Waals surface area contributed by atoms with Gasteiger partial charge in [0.1, 0.15) is 10.9 Å². The van der Waals surface area contributed by atoms with Crippen molar-refractivity contribution in [1.82, 2.24) is 9.88 Å². The second kappa shape index (κ2) is 4.42. The smallest absolute Gasteiger partial charge is 0.327 e. The maximum absolute atomic E-state index is 12.0. The molecule has 2 rings (SSSR count). The fraction of sp³-hybridized carbons (Fsp3) is 0.444. The van der Waals surface area contributed by atoms with Crippen molar-refractivity contribution >= 4 is 35.0 Å². The van der Waals surface area contributed by atoms with E-state index in [1.54, 1.807) is 0 Å². The van der Waals surface area contributed by atoms with Crippen LogP contribution in [0.3, 0.4) is 0 Å². The largest absolute Gasteiger partial charge is 0.480 e. The van der Waals surface area contributed by atoms with Gasteiger partial charge in [-0.1, -0.05) is 0 Å². The Balaban J connectivity index is 2.18. The Bertz CT molecular complexity index is 432. The summed E-state index contributed by atoms with van der Waals surface area (Å²) in [6, 6.07) is -0.708. The zero-order chi connectivity index (χ0) is 11.7. The minimum Gasteiger partial charge on any atom is -0.480 e. The third-order valence-electron chi connectivity index (χ3n) is 2.26. The third kappa shape index (κ3) is 2.05. The molecule has 1 unspecified atom stereocenters. The van der Waals surface area contributed by atoms with Gasteiger partial charge in [-0.15, -0.1) is 23.1 Å². The molecular weight excluding hydrogens is 248 g/mol. The maximum Gasteiger partial charge on any atom is 0.327 e. The van der Waals surface area contributed by atoms with Crippen molar-refractivity contribution in [3.05, 3.63) is 16.1 Å². The quantitative estimate of drug-likeness (QED) is 0.858. The number of rotatable bonds is 2. The Labute approximate surface area is 100 Å². The molecule has 1 atom stereocenters. The molecule has 5 nitrogen and oxygen atoms in total. The number of aliphatic carboxylic acids is 1. The summed E-state index contributed by atoms with van der Waals surface area (Å²) in [5.41, 5.74) is 0. The van der Waals surface area contributed by atoms with Gasteiger partial charge < -0.3 is 10.0 Å². The molecule has 86 valence electrons. The van der Waals surface area contributed by atoms with E-state index in [1.165, 1.54) is 34.2 Å². The van der Waals surface area contributed by atoms with Crippen LogP contribution in [0, 0.1) is 6.92 Å². The minimum atomic E-state index is -0.945. The number of aryl methyl sites for hydroxylation is 1. The number of carbonyl (C=O) groups is 2. The highest BCUT2D eigenvalue weighted by atomic mass is 32.2. The molecule has 1 fully saturated rings. The van der Waals surface area contributed by atoms with Crippen molar-refractivity contribution in [1.29, 1.82) is 0 Å². The van der Waals surface area contributed by atoms with Crippen molar-refractivity contribution in [2.24, 2.45) is 0 Å². The topological polar surface area (TPSA) is 70.5 Å². The molecule has 1 aliphatic heterocycles. The van der Waals surface area contributed by atoms with Gasteiger partial charge >= 0.3 is 5.97 Å². The molecule has 1 N–H and O–H groups in total. The lowest BCUT2D eigenvalue weighted by atomic mass is 10.3. The number of carboxylic acid groups (broad SMARTS) is 1. The van der Waals surface area contributed by atoms with Crippen molar-refractivity contribution in [2.75, 3.05) is 11.6 Å². The molecule has 1 aliphatic rings. The monoisotopic (exact) mass is 258 g/mol. The number of hydrogen-bond donors (Lipinski definition) is 1. The predicted octanol–water partition coefficient (Wildman–Crippen LogP) is 1.05. The number of amides is 1. The maximum atomic E-state index is 12.0. The molecule has 1 aromatic rings. The summed E-state index contributed by atoms with van der Waals surface area (Å²) >= 11 is 2.75. The second-order valence-electron chi connectivity index (χ2n) is 3.37. The van der Waals surface area contributed by atoms with E-state index in [4.69, 9.17) is 5.11 Å². The lowest BCUT2D eigenvalue weighted by Gasteiger charge is -2.19. The molecule has 0 saturated carbocycles. The van der Waals surface area contributed by atoms with Gasteiger partial charge in [-0.05, 0) is 6.92 Å². The van der Waals surface area contributed by atoms with Crippen molar-refractivity contribution in [3.63, 3.8) is 0 Å². The number of carboxylic acids is 1. The van der Waals surface area contributed by atoms with Crippen LogP contribution < -0.4 is 0 Å². The van der Waals surface area contributed by atoms with Gasteiger partial charge in [0.25, 0.3) is 5.91 Å². The standard InChI is InChI=1S/C9H10N2O3S2/c1-5-10-2-7(16-5)8(12)11-4-15-3-6(11)9(13)14/h2,6H,3-4H2,1H3,(H,13,14). The van der Waals surface area contributed by atoms with Crippen LogP contribution in [0.5, 0.6) is 0 Å². The highest BCUT2D eigenvalue weighted by Crippen LogP contribution is 2.25. The first-order valence-corrected chi connectivity index (χ1v) is 6.60. The number of aromatic nitrogens is 1. The van der Waals surface area contributed by atoms with Gasteiger partial charge in [-0.3, -0.25) is 4.79 Å². The molecule has 0 aromatic carbocycles. The number of carbonyl (C=O) groups excluding carboxylic acids is 1. The van der Waals surface area contributed by atoms with E-state index in [9.17, 15) is 9.59 Å². The summed E-state index contributed by atoms with van der Waals surface area (Å²) in [6.07, 6.45) is 1.50. The van der Waals surface area contributed by atoms with Gasteiger partial charge in [0.15, 0.2) is 0 Å². The first-order chi connectivity index (χ1) is 7.59. The summed E-state index contributed by atoms with van der Waals surface area (Å²) in [5, 5.41) is 9.77. The number of hydrogen-bond acceptors (Lipinski definition) is 5. The minimum absolute atomic E-state index is 0.233. The number of thioether (sulfide) groups is 1. The highest BCUT2D eigenvalue weighted by Gasteiger charge is 2.35. The van der Waals surface area contributed by atoms with Crippen LogP contribution in [0.1, 0.15) is 14.7 Å². The van der Waals surface area contributed by atoms with Gasteiger partial charge in [0.2, 0.25) is 0 Å². The molecule has 1 aromatic heterocycles. The predicted molar refractivity (Wildman–Crippen MR) is 61.8 cm³/mol. The number of nitrogens with zero attached hydrogens (tertiary/aromatic N) is 2. The van der Waals surface area contributed by atoms with Gasteiger partial charge in [0.05, 0.1) is 17.1 Å². The third-order valence-corrected chi connectivity index (χ3v) is 4.17. The fourth-order valence-electron chi connectivity index (χ4n) is 1.45. The zero-order valence-corrected chi connectivity index (χ0v) is 10.2. The summed E-state index contributed by atoms with van der Waals surface area (Å²) in [6.45, 7) is 1.81. The van der Waals surface area contributed by atoms with Crippen molar-refractivity contribution in [2.45, 2.75) is 13.0 Å². The van der Waals surface area contributed by atoms with Gasteiger partial charge in [-0.2, -0.15) is 0 Å². The van der Waals surface area contributed by atoms with Crippen molar-refractivity contribution in [3.8, 4) is 0 Å². The molecule has 0 radical (unpaired) electrons. The van der Waals surface area contributed by atoms with Crippen LogP contribution in [0.2, 0.25) is 0 Å². The average Bonchev–Trinajstić information content (AvgIpc) is 2.84. The first-order valence-electron chi connectivity index (χ1n) is 4.63. The molecule has 7 heteroatoms. The highest BCUT2D eigenvalue weighted by molar-refractivity contribution is 7.99. The SMILES string of the molecule is Cc1ncc(C(=O)N2CSCC2C(=O)O)s1. The summed E-state index contributed by atoms with van der Waals surface area (Å²) < 4.78 is 0. The average molecular weight is 258 g/mol. The Hall–Kier alpha value is -1.08. The lowest BCUT2D eigenvalue weighted by Crippen LogP contribution is -2.41. The molecule has 1 saturated heterocycles. The molecule has 1 amide bonds. The summed E-state index contributed by atoms with van der Waals surface area (Å²) in [4.78, 5) is 28.8. The lowest BCUT2D eigenvalue weighted by molar-refractivity contribution is -0.140. The molecule has 0 bridgehead atoms. The molecule has 0 spiro atoms. The van der Waals surface area contributed by atoms with E-state index in [0.29, 0.717) is 16.5 Å². The Morgan fingerprint density at radius 3 is 2.94 bits per heavy atom. The van der Waals surface area contributed by atoms with E-state index in [2.05, 4.69) is 4.98 Å². The molecule has 16 heavy (non-hydrogen) atoms. The zero-order valence-electron chi connectivity index (χ0n) is 8.54. The normalized spacial score (nSPS) is 20.1. The van der Waals surface area contributed by atoms with E-state index in [1.807, 2.05) is 6.92 Å². The van der Waals surface area contributed by atoms with E-state index >= 15 is 0 Å². The van der Waals surface area contributed by atoms with Gasteiger partial charge in [0, 0.05) is 5.75 Å². The molecule has 2 heterocycles. The van der Waals surface area contributed by atoms with Crippen LogP contribution in [0.25, 0.3) is 0 Å². The first kappa shape index (κ1) is 11.4. The Morgan fingerprint density at radius 2 is 2.38 bits per heavy atom. The van der Waals surface area contributed by atoms with Crippen LogP contribution in [-0.2, 0) is 4.79 Å². The molecular formula is C9H10N2O3S2. The van der Waals surface area contributed by atoms with Crippen LogP contribution in [-0.4, -0.2) is 44.5 Å². The van der Waals surface area contributed by atoms with Crippen molar-refractivity contribution < 1.29 is 14.7 Å². The van der Waals surface area contributed by atoms with E-state index in [-0.39, 0.29) is 5.91 Å². The Morgan fingerprint density at radius 1 is 1.62 bits per heavy atom.